The van der Waals surface area contributed by atoms with Crippen LogP contribution in [-0.4, -0.2) is 26.3 Å². The number of piperidine rings is 1. The molecule has 0 bridgehead atoms. The minimum absolute atomic E-state index is 0.561. The van der Waals surface area contributed by atoms with Crippen LogP contribution in [0.25, 0.3) is 0 Å². The van der Waals surface area contributed by atoms with Gasteiger partial charge in [0.15, 0.2) is 0 Å². The molecule has 12 heavy (non-hydrogen) atoms. The highest BCUT2D eigenvalue weighted by molar-refractivity contribution is 4.87. The van der Waals surface area contributed by atoms with E-state index in [1.807, 2.05) is 7.11 Å². The Morgan fingerprint density at radius 3 is 3.00 bits per heavy atom. The summed E-state index contributed by atoms with van der Waals surface area (Å²) in [7, 11) is 1.87. The highest BCUT2D eigenvalue weighted by Gasteiger charge is 2.34. The standard InChI is InChI=1S/C10H19NO/c1-12-10-4-2-3-8-7-11-6-5-9(8)10/h8-11H,2-7H2,1H3/t8?,9-,10?/m0/s1. The van der Waals surface area contributed by atoms with Crippen LogP contribution in [-0.2, 0) is 4.74 Å². The number of hydrogen-bond donors (Lipinski definition) is 1. The molecule has 1 saturated heterocycles. The molecule has 1 heterocycles. The summed E-state index contributed by atoms with van der Waals surface area (Å²) in [6.07, 6.45) is 5.95. The predicted octanol–water partition coefficient (Wildman–Crippen LogP) is 1.41. The summed E-state index contributed by atoms with van der Waals surface area (Å²) in [5, 5.41) is 3.47. The minimum Gasteiger partial charge on any atom is -0.381 e. The van der Waals surface area contributed by atoms with Crippen LogP contribution in [0.1, 0.15) is 25.7 Å². The summed E-state index contributed by atoms with van der Waals surface area (Å²) in [5.74, 6) is 1.75. The van der Waals surface area contributed by atoms with Crippen molar-refractivity contribution in [2.45, 2.75) is 31.8 Å². The second-order valence-electron chi connectivity index (χ2n) is 4.12. The molecule has 0 aromatic carbocycles. The van der Waals surface area contributed by atoms with Crippen LogP contribution in [0.5, 0.6) is 0 Å². The third-order valence-electron chi connectivity index (χ3n) is 3.51. The number of ether oxygens (including phenoxy) is 1. The summed E-state index contributed by atoms with van der Waals surface area (Å²) in [5.41, 5.74) is 0. The number of methoxy groups -OCH3 is 1. The Kier molecular flexibility index (Phi) is 2.66. The zero-order valence-electron chi connectivity index (χ0n) is 7.88. The van der Waals surface area contributed by atoms with Crippen molar-refractivity contribution in [3.05, 3.63) is 0 Å². The van der Waals surface area contributed by atoms with Gasteiger partial charge in [-0.25, -0.2) is 0 Å². The fraction of sp³-hybridized carbons (Fsp3) is 1.00. The maximum atomic E-state index is 5.53. The first-order chi connectivity index (χ1) is 5.92. The second kappa shape index (κ2) is 3.75. The van der Waals surface area contributed by atoms with Gasteiger partial charge in [0, 0.05) is 7.11 Å². The number of rotatable bonds is 1. The van der Waals surface area contributed by atoms with Crippen LogP contribution in [0.3, 0.4) is 0 Å². The van der Waals surface area contributed by atoms with Crippen LogP contribution in [0.2, 0.25) is 0 Å². The van der Waals surface area contributed by atoms with Crippen molar-refractivity contribution >= 4 is 0 Å². The van der Waals surface area contributed by atoms with Gasteiger partial charge in [0.05, 0.1) is 6.10 Å². The third-order valence-corrected chi connectivity index (χ3v) is 3.51. The summed E-state index contributed by atoms with van der Waals surface area (Å²) in [6, 6.07) is 0. The Labute approximate surface area is 74.7 Å². The van der Waals surface area contributed by atoms with E-state index in [1.165, 1.54) is 38.8 Å². The highest BCUT2D eigenvalue weighted by atomic mass is 16.5. The van der Waals surface area contributed by atoms with Crippen molar-refractivity contribution in [1.82, 2.24) is 5.32 Å². The first-order valence-corrected chi connectivity index (χ1v) is 5.15. The van der Waals surface area contributed by atoms with Gasteiger partial charge in [0.2, 0.25) is 0 Å². The van der Waals surface area contributed by atoms with Gasteiger partial charge in [-0.15, -0.1) is 0 Å². The van der Waals surface area contributed by atoms with E-state index in [1.54, 1.807) is 0 Å². The first-order valence-electron chi connectivity index (χ1n) is 5.15. The molecule has 0 radical (unpaired) electrons. The van der Waals surface area contributed by atoms with Crippen LogP contribution >= 0.6 is 0 Å². The molecule has 1 saturated carbocycles. The zero-order valence-corrected chi connectivity index (χ0v) is 7.88. The third kappa shape index (κ3) is 1.50. The molecular formula is C10H19NO. The molecule has 2 nitrogen and oxygen atoms in total. The van der Waals surface area contributed by atoms with Crippen LogP contribution in [0.4, 0.5) is 0 Å². The van der Waals surface area contributed by atoms with Gasteiger partial charge in [0.1, 0.15) is 0 Å². The largest absolute Gasteiger partial charge is 0.381 e. The molecule has 2 fully saturated rings. The summed E-state index contributed by atoms with van der Waals surface area (Å²) < 4.78 is 5.53. The van der Waals surface area contributed by atoms with Gasteiger partial charge in [-0.2, -0.15) is 0 Å². The Morgan fingerprint density at radius 1 is 1.25 bits per heavy atom. The van der Waals surface area contributed by atoms with E-state index >= 15 is 0 Å². The van der Waals surface area contributed by atoms with Crippen LogP contribution < -0.4 is 5.32 Å². The average Bonchev–Trinajstić information content (AvgIpc) is 2.17. The molecule has 3 atom stereocenters. The Hall–Kier alpha value is -0.0800. The molecular weight excluding hydrogens is 150 g/mol. The first kappa shape index (κ1) is 8.52. The van der Waals surface area contributed by atoms with E-state index in [2.05, 4.69) is 5.32 Å². The smallest absolute Gasteiger partial charge is 0.0603 e. The highest BCUT2D eigenvalue weighted by Crippen LogP contribution is 2.35. The summed E-state index contributed by atoms with van der Waals surface area (Å²) in [6.45, 7) is 2.42. The SMILES string of the molecule is COC1CCCC2CNCC[C@@H]21. The zero-order chi connectivity index (χ0) is 8.39. The number of hydrogen-bond acceptors (Lipinski definition) is 2. The molecule has 2 aliphatic rings. The maximum Gasteiger partial charge on any atom is 0.0603 e. The van der Waals surface area contributed by atoms with Gasteiger partial charge in [-0.1, -0.05) is 6.42 Å². The van der Waals surface area contributed by atoms with Crippen molar-refractivity contribution < 1.29 is 4.74 Å². The van der Waals surface area contributed by atoms with E-state index in [9.17, 15) is 0 Å². The predicted molar refractivity (Wildman–Crippen MR) is 49.1 cm³/mol. The van der Waals surface area contributed by atoms with E-state index < -0.39 is 0 Å². The van der Waals surface area contributed by atoms with Gasteiger partial charge < -0.3 is 10.1 Å². The fourth-order valence-electron chi connectivity index (χ4n) is 2.84. The molecule has 2 rings (SSSR count). The van der Waals surface area contributed by atoms with Gasteiger partial charge in [-0.3, -0.25) is 0 Å². The van der Waals surface area contributed by atoms with Crippen molar-refractivity contribution in [2.75, 3.05) is 20.2 Å². The van der Waals surface area contributed by atoms with Gasteiger partial charge in [-0.05, 0) is 44.2 Å². The maximum absolute atomic E-state index is 5.53. The minimum atomic E-state index is 0.561. The lowest BCUT2D eigenvalue weighted by Gasteiger charge is -2.40. The van der Waals surface area contributed by atoms with Crippen molar-refractivity contribution in [2.24, 2.45) is 11.8 Å². The van der Waals surface area contributed by atoms with Crippen molar-refractivity contribution in [3.63, 3.8) is 0 Å². The van der Waals surface area contributed by atoms with Crippen LogP contribution in [0.15, 0.2) is 0 Å². The Balaban J connectivity index is 1.99. The molecule has 0 aromatic heterocycles. The lowest BCUT2D eigenvalue weighted by molar-refractivity contribution is -0.0163. The van der Waals surface area contributed by atoms with Crippen molar-refractivity contribution in [1.29, 1.82) is 0 Å². The van der Waals surface area contributed by atoms with E-state index in [4.69, 9.17) is 4.74 Å². The Bertz CT molecular complexity index is 140. The topological polar surface area (TPSA) is 21.3 Å². The quantitative estimate of drug-likeness (QED) is 0.641. The molecule has 1 aliphatic carbocycles. The number of nitrogens with one attached hydrogen (secondary N) is 1. The average molecular weight is 169 g/mol. The van der Waals surface area contributed by atoms with E-state index in [0.717, 1.165) is 11.8 Å². The molecule has 2 heteroatoms. The lowest BCUT2D eigenvalue weighted by Crippen LogP contribution is -2.44. The lowest BCUT2D eigenvalue weighted by atomic mass is 9.74. The fourth-order valence-corrected chi connectivity index (χ4v) is 2.84. The van der Waals surface area contributed by atoms with E-state index in [0.29, 0.717) is 6.10 Å². The second-order valence-corrected chi connectivity index (χ2v) is 4.12. The van der Waals surface area contributed by atoms with Gasteiger partial charge >= 0.3 is 0 Å². The molecule has 0 aromatic rings. The summed E-state index contributed by atoms with van der Waals surface area (Å²) in [4.78, 5) is 0. The summed E-state index contributed by atoms with van der Waals surface area (Å²) >= 11 is 0. The van der Waals surface area contributed by atoms with Crippen molar-refractivity contribution in [3.8, 4) is 0 Å². The molecule has 0 spiro atoms. The van der Waals surface area contributed by atoms with Crippen LogP contribution in [0, 0.1) is 11.8 Å². The molecule has 0 amide bonds. The molecule has 1 N–H and O–H groups in total. The number of fused-ring (bicyclic) bond motifs is 1. The van der Waals surface area contributed by atoms with E-state index in [-0.39, 0.29) is 0 Å². The van der Waals surface area contributed by atoms with Gasteiger partial charge in [0.25, 0.3) is 0 Å². The Morgan fingerprint density at radius 2 is 2.17 bits per heavy atom. The molecule has 2 unspecified atom stereocenters. The molecule has 70 valence electrons. The normalized spacial score (nSPS) is 42.2. The monoisotopic (exact) mass is 169 g/mol. The molecule has 1 aliphatic heterocycles.